The standard InChI is InChI=1S/C15H10INO4S/c16-11-2-4-12(5-3-11)17-22(19,20)13-6-7-14-10(9-13)1-8-15(18)21-14/h1-9,17H. The van der Waals surface area contributed by atoms with Crippen LogP contribution in [-0.4, -0.2) is 8.42 Å². The predicted octanol–water partition coefficient (Wildman–Crippen LogP) is 3.20. The van der Waals surface area contributed by atoms with Gasteiger partial charge in [0, 0.05) is 20.7 Å². The summed E-state index contributed by atoms with van der Waals surface area (Å²) in [6.07, 6.45) is 0. The van der Waals surface area contributed by atoms with Crippen molar-refractivity contribution < 1.29 is 12.8 Å². The third-order valence-corrected chi connectivity index (χ3v) is 5.10. The lowest BCUT2D eigenvalue weighted by atomic mass is 10.2. The highest BCUT2D eigenvalue weighted by atomic mass is 127. The van der Waals surface area contributed by atoms with Crippen LogP contribution in [0, 0.1) is 3.57 Å². The van der Waals surface area contributed by atoms with E-state index in [1.165, 1.54) is 30.3 Å². The fraction of sp³-hybridized carbons (Fsp3) is 0. The SMILES string of the molecule is O=c1ccc2cc(S(=O)(=O)Nc3ccc(I)cc3)ccc2o1. The minimum atomic E-state index is -3.70. The molecule has 2 aromatic carbocycles. The van der Waals surface area contributed by atoms with Crippen molar-refractivity contribution in [3.8, 4) is 0 Å². The predicted molar refractivity (Wildman–Crippen MR) is 92.5 cm³/mol. The number of hydrogen-bond donors (Lipinski definition) is 1. The van der Waals surface area contributed by atoms with E-state index in [2.05, 4.69) is 27.3 Å². The van der Waals surface area contributed by atoms with Gasteiger partial charge in [0.05, 0.1) is 4.90 Å². The normalized spacial score (nSPS) is 11.5. The third-order valence-electron chi connectivity index (χ3n) is 3.00. The van der Waals surface area contributed by atoms with Crippen LogP contribution in [0.3, 0.4) is 0 Å². The zero-order chi connectivity index (χ0) is 15.7. The average Bonchev–Trinajstić information content (AvgIpc) is 2.49. The lowest BCUT2D eigenvalue weighted by Gasteiger charge is -2.08. The van der Waals surface area contributed by atoms with Crippen LogP contribution in [0.5, 0.6) is 0 Å². The molecule has 0 radical (unpaired) electrons. The van der Waals surface area contributed by atoms with Crippen molar-refractivity contribution in [2.75, 3.05) is 4.72 Å². The van der Waals surface area contributed by atoms with Crippen molar-refractivity contribution in [3.05, 3.63) is 68.6 Å². The zero-order valence-corrected chi connectivity index (χ0v) is 14.1. The first-order valence-corrected chi connectivity index (χ1v) is 8.82. The van der Waals surface area contributed by atoms with Crippen LogP contribution in [0.15, 0.2) is 68.7 Å². The lowest BCUT2D eigenvalue weighted by Crippen LogP contribution is -2.12. The van der Waals surface area contributed by atoms with Gasteiger partial charge in [-0.05, 0) is 71.1 Å². The highest BCUT2D eigenvalue weighted by Gasteiger charge is 2.15. The first-order chi connectivity index (χ1) is 10.4. The number of hydrogen-bond acceptors (Lipinski definition) is 4. The van der Waals surface area contributed by atoms with E-state index in [1.54, 1.807) is 12.1 Å². The molecule has 0 saturated heterocycles. The topological polar surface area (TPSA) is 76.4 Å². The van der Waals surface area contributed by atoms with E-state index < -0.39 is 15.6 Å². The van der Waals surface area contributed by atoms with Crippen molar-refractivity contribution >= 4 is 49.3 Å². The van der Waals surface area contributed by atoms with Crippen LogP contribution >= 0.6 is 22.6 Å². The van der Waals surface area contributed by atoms with Crippen LogP contribution in [0.4, 0.5) is 5.69 Å². The van der Waals surface area contributed by atoms with Gasteiger partial charge in [-0.25, -0.2) is 13.2 Å². The van der Waals surface area contributed by atoms with Crippen molar-refractivity contribution in [1.29, 1.82) is 0 Å². The van der Waals surface area contributed by atoms with Gasteiger partial charge >= 0.3 is 5.63 Å². The molecule has 1 N–H and O–H groups in total. The molecule has 3 rings (SSSR count). The molecule has 0 spiro atoms. The molecule has 0 aliphatic carbocycles. The minimum Gasteiger partial charge on any atom is -0.423 e. The molecule has 0 fully saturated rings. The second-order valence-corrected chi connectivity index (χ2v) is 7.49. The molecule has 1 heterocycles. The maximum absolute atomic E-state index is 12.4. The van der Waals surface area contributed by atoms with E-state index in [0.29, 0.717) is 16.7 Å². The maximum Gasteiger partial charge on any atom is 0.336 e. The number of anilines is 1. The molecule has 112 valence electrons. The van der Waals surface area contributed by atoms with Gasteiger partial charge in [-0.2, -0.15) is 0 Å². The van der Waals surface area contributed by atoms with Crippen molar-refractivity contribution in [2.24, 2.45) is 0 Å². The molecular weight excluding hydrogens is 417 g/mol. The molecule has 0 aliphatic heterocycles. The fourth-order valence-electron chi connectivity index (χ4n) is 1.95. The molecule has 0 bridgehead atoms. The summed E-state index contributed by atoms with van der Waals surface area (Å²) in [5.41, 5.74) is 0.362. The summed E-state index contributed by atoms with van der Waals surface area (Å²) in [7, 11) is -3.70. The van der Waals surface area contributed by atoms with Gasteiger partial charge in [0.25, 0.3) is 10.0 Å². The number of nitrogens with one attached hydrogen (secondary N) is 1. The van der Waals surface area contributed by atoms with E-state index in [0.717, 1.165) is 3.57 Å². The minimum absolute atomic E-state index is 0.104. The molecular formula is C15H10INO4S. The second-order valence-electron chi connectivity index (χ2n) is 4.57. The summed E-state index contributed by atoms with van der Waals surface area (Å²) in [5.74, 6) is 0. The van der Waals surface area contributed by atoms with E-state index in [9.17, 15) is 13.2 Å². The molecule has 7 heteroatoms. The molecule has 0 saturated carbocycles. The van der Waals surface area contributed by atoms with E-state index >= 15 is 0 Å². The number of sulfonamides is 1. The van der Waals surface area contributed by atoms with E-state index in [4.69, 9.17) is 4.42 Å². The summed E-state index contributed by atoms with van der Waals surface area (Å²) < 4.78 is 33.3. The number of fused-ring (bicyclic) bond motifs is 1. The molecule has 0 unspecified atom stereocenters. The molecule has 0 amide bonds. The van der Waals surface area contributed by atoms with Crippen LogP contribution in [0.2, 0.25) is 0 Å². The van der Waals surface area contributed by atoms with Gasteiger partial charge in [-0.15, -0.1) is 0 Å². The van der Waals surface area contributed by atoms with Gasteiger partial charge in [0.15, 0.2) is 0 Å². The summed E-state index contributed by atoms with van der Waals surface area (Å²) in [5, 5.41) is 0.546. The van der Waals surface area contributed by atoms with E-state index in [1.807, 2.05) is 12.1 Å². The molecule has 0 aliphatic rings. The van der Waals surface area contributed by atoms with Crippen LogP contribution in [-0.2, 0) is 10.0 Å². The Kier molecular flexibility index (Phi) is 3.92. The lowest BCUT2D eigenvalue weighted by molar-refractivity contribution is 0.560. The van der Waals surface area contributed by atoms with Gasteiger partial charge in [-0.3, -0.25) is 4.72 Å². The molecule has 22 heavy (non-hydrogen) atoms. The second kappa shape index (κ2) is 5.73. The Morgan fingerprint density at radius 1 is 0.955 bits per heavy atom. The largest absolute Gasteiger partial charge is 0.423 e. The molecule has 0 atom stereocenters. The van der Waals surface area contributed by atoms with Crippen LogP contribution in [0.25, 0.3) is 11.0 Å². The molecule has 1 aromatic heterocycles. The van der Waals surface area contributed by atoms with Gasteiger partial charge < -0.3 is 4.42 Å². The van der Waals surface area contributed by atoms with Crippen molar-refractivity contribution in [2.45, 2.75) is 4.90 Å². The van der Waals surface area contributed by atoms with Crippen LogP contribution in [0.1, 0.15) is 0 Å². The molecule has 5 nitrogen and oxygen atoms in total. The Hall–Kier alpha value is -1.87. The number of rotatable bonds is 3. The monoisotopic (exact) mass is 427 g/mol. The highest BCUT2D eigenvalue weighted by Crippen LogP contribution is 2.21. The van der Waals surface area contributed by atoms with Crippen molar-refractivity contribution in [1.82, 2.24) is 0 Å². The van der Waals surface area contributed by atoms with Gasteiger partial charge in [0.1, 0.15) is 5.58 Å². The van der Waals surface area contributed by atoms with E-state index in [-0.39, 0.29) is 4.90 Å². The summed E-state index contributed by atoms with van der Waals surface area (Å²) >= 11 is 2.14. The highest BCUT2D eigenvalue weighted by molar-refractivity contribution is 14.1. The summed E-state index contributed by atoms with van der Waals surface area (Å²) in [6.45, 7) is 0. The first-order valence-electron chi connectivity index (χ1n) is 6.26. The Labute approximate surface area is 140 Å². The smallest absolute Gasteiger partial charge is 0.336 e. The number of halogens is 1. The fourth-order valence-corrected chi connectivity index (χ4v) is 3.40. The number of benzene rings is 2. The Morgan fingerprint density at radius 2 is 1.68 bits per heavy atom. The zero-order valence-electron chi connectivity index (χ0n) is 11.1. The Balaban J connectivity index is 1.99. The first kappa shape index (κ1) is 15.0. The quantitative estimate of drug-likeness (QED) is 0.515. The Bertz CT molecular complexity index is 994. The molecule has 3 aromatic rings. The van der Waals surface area contributed by atoms with Gasteiger partial charge in [-0.1, -0.05) is 0 Å². The average molecular weight is 427 g/mol. The maximum atomic E-state index is 12.4. The summed E-state index contributed by atoms with van der Waals surface area (Å²) in [4.78, 5) is 11.2. The Morgan fingerprint density at radius 3 is 2.41 bits per heavy atom. The third kappa shape index (κ3) is 3.14. The van der Waals surface area contributed by atoms with Gasteiger partial charge in [0.2, 0.25) is 0 Å². The summed E-state index contributed by atoms with van der Waals surface area (Å²) in [6, 6.07) is 14.1. The van der Waals surface area contributed by atoms with Crippen LogP contribution < -0.4 is 10.3 Å². The van der Waals surface area contributed by atoms with Crippen molar-refractivity contribution in [3.63, 3.8) is 0 Å².